The first-order chi connectivity index (χ1) is 11.2. The van der Waals surface area contributed by atoms with E-state index in [0.29, 0.717) is 17.1 Å². The van der Waals surface area contributed by atoms with Gasteiger partial charge in [0.05, 0.1) is 12.0 Å². The van der Waals surface area contributed by atoms with Crippen molar-refractivity contribution in [2.75, 3.05) is 0 Å². The molecule has 0 spiro atoms. The maximum Gasteiger partial charge on any atom is 0.404 e. The molecule has 114 valence electrons. The van der Waals surface area contributed by atoms with Crippen LogP contribution in [-0.4, -0.2) is 15.9 Å². The van der Waals surface area contributed by atoms with Crippen LogP contribution in [0.25, 0.3) is 17.1 Å². The number of hydrogen-bond donors (Lipinski definition) is 1. The molecule has 1 amide bonds. The highest BCUT2D eigenvalue weighted by atomic mass is 16.5. The van der Waals surface area contributed by atoms with E-state index >= 15 is 0 Å². The van der Waals surface area contributed by atoms with Crippen LogP contribution in [0.5, 0.6) is 0 Å². The summed E-state index contributed by atoms with van der Waals surface area (Å²) in [7, 11) is 0. The molecule has 3 aromatic rings. The van der Waals surface area contributed by atoms with Crippen LogP contribution in [0.4, 0.5) is 4.79 Å². The normalized spacial score (nSPS) is 10.2. The van der Waals surface area contributed by atoms with E-state index < -0.39 is 6.09 Å². The van der Waals surface area contributed by atoms with Crippen LogP contribution < -0.4 is 5.73 Å². The van der Waals surface area contributed by atoms with Gasteiger partial charge in [0.2, 0.25) is 0 Å². The molecule has 2 heterocycles. The summed E-state index contributed by atoms with van der Waals surface area (Å²) in [5.41, 5.74) is 7.36. The molecule has 0 aliphatic heterocycles. The van der Waals surface area contributed by atoms with Crippen molar-refractivity contribution >= 4 is 6.09 Å². The SMILES string of the molecule is N#Cc1cc(-c2ccco2)n(-c2cccc(COC(N)=O)c2)n1. The summed E-state index contributed by atoms with van der Waals surface area (Å²) in [6.45, 7) is 0.0611. The van der Waals surface area contributed by atoms with Gasteiger partial charge < -0.3 is 14.9 Å². The molecule has 0 radical (unpaired) electrons. The molecular weight excluding hydrogens is 296 g/mol. The number of furan rings is 1. The van der Waals surface area contributed by atoms with Crippen molar-refractivity contribution in [3.8, 4) is 23.2 Å². The molecule has 3 rings (SSSR count). The smallest absolute Gasteiger partial charge is 0.404 e. The Morgan fingerprint density at radius 1 is 1.35 bits per heavy atom. The van der Waals surface area contributed by atoms with Gasteiger partial charge in [0.25, 0.3) is 0 Å². The molecule has 0 unspecified atom stereocenters. The molecule has 0 bridgehead atoms. The van der Waals surface area contributed by atoms with Gasteiger partial charge in [-0.1, -0.05) is 12.1 Å². The van der Waals surface area contributed by atoms with Crippen LogP contribution in [0.3, 0.4) is 0 Å². The largest absolute Gasteiger partial charge is 0.463 e. The zero-order valence-corrected chi connectivity index (χ0v) is 12.0. The lowest BCUT2D eigenvalue weighted by Crippen LogP contribution is -2.12. The first-order valence-electron chi connectivity index (χ1n) is 6.73. The molecule has 0 saturated carbocycles. The van der Waals surface area contributed by atoms with Crippen molar-refractivity contribution in [1.29, 1.82) is 5.26 Å². The van der Waals surface area contributed by atoms with Crippen molar-refractivity contribution in [2.24, 2.45) is 5.73 Å². The Bertz CT molecular complexity index is 875. The Balaban J connectivity index is 2.02. The van der Waals surface area contributed by atoms with Crippen LogP contribution in [-0.2, 0) is 11.3 Å². The van der Waals surface area contributed by atoms with Crippen LogP contribution in [0.1, 0.15) is 11.3 Å². The number of rotatable bonds is 4. The molecule has 2 aromatic heterocycles. The number of primary amides is 1. The van der Waals surface area contributed by atoms with Gasteiger partial charge in [-0.2, -0.15) is 10.4 Å². The third-order valence-electron chi connectivity index (χ3n) is 3.13. The van der Waals surface area contributed by atoms with Crippen molar-refractivity contribution in [3.05, 3.63) is 60.0 Å². The molecule has 0 atom stereocenters. The molecular formula is C16H12N4O3. The average Bonchev–Trinajstić information content (AvgIpc) is 3.22. The van der Waals surface area contributed by atoms with E-state index in [1.54, 1.807) is 47.3 Å². The van der Waals surface area contributed by atoms with Gasteiger partial charge in [0.15, 0.2) is 11.5 Å². The van der Waals surface area contributed by atoms with Gasteiger partial charge in [0, 0.05) is 6.07 Å². The first kappa shape index (κ1) is 14.4. The molecule has 2 N–H and O–H groups in total. The van der Waals surface area contributed by atoms with Crippen molar-refractivity contribution in [2.45, 2.75) is 6.61 Å². The van der Waals surface area contributed by atoms with Crippen LogP contribution in [0.15, 0.2) is 53.1 Å². The second kappa shape index (κ2) is 6.07. The number of carbonyl (C=O) groups excluding carboxylic acids is 1. The third kappa shape index (κ3) is 3.06. The fourth-order valence-electron chi connectivity index (χ4n) is 2.16. The molecule has 0 aliphatic rings. The Labute approximate surface area is 131 Å². The lowest BCUT2D eigenvalue weighted by Gasteiger charge is -2.08. The zero-order valence-electron chi connectivity index (χ0n) is 12.0. The Morgan fingerprint density at radius 3 is 2.91 bits per heavy atom. The van der Waals surface area contributed by atoms with Gasteiger partial charge in [-0.05, 0) is 29.8 Å². The number of carbonyl (C=O) groups is 1. The topological polar surface area (TPSA) is 107 Å². The number of amides is 1. The van der Waals surface area contributed by atoms with Gasteiger partial charge >= 0.3 is 6.09 Å². The summed E-state index contributed by atoms with van der Waals surface area (Å²) in [4.78, 5) is 10.7. The van der Waals surface area contributed by atoms with E-state index in [0.717, 1.165) is 5.56 Å². The fourth-order valence-corrected chi connectivity index (χ4v) is 2.16. The second-order valence-corrected chi connectivity index (χ2v) is 4.69. The predicted octanol–water partition coefficient (Wildman–Crippen LogP) is 2.60. The number of ether oxygens (including phenoxy) is 1. The standard InChI is InChI=1S/C16H12N4O3/c17-9-12-8-14(15-5-2-6-22-15)20(19-12)13-4-1-3-11(7-13)10-23-16(18)21/h1-8H,10H2,(H2,18,21). The highest BCUT2D eigenvalue weighted by Crippen LogP contribution is 2.24. The average molecular weight is 308 g/mol. The molecule has 0 fully saturated rings. The molecule has 1 aromatic carbocycles. The highest BCUT2D eigenvalue weighted by molar-refractivity contribution is 5.64. The predicted molar refractivity (Wildman–Crippen MR) is 80.4 cm³/mol. The molecule has 23 heavy (non-hydrogen) atoms. The lowest BCUT2D eigenvalue weighted by molar-refractivity contribution is 0.150. The van der Waals surface area contributed by atoms with E-state index in [9.17, 15) is 4.79 Å². The number of benzene rings is 1. The molecule has 0 aliphatic carbocycles. The number of nitrogens with zero attached hydrogens (tertiary/aromatic N) is 3. The van der Waals surface area contributed by atoms with Crippen LogP contribution >= 0.6 is 0 Å². The summed E-state index contributed by atoms with van der Waals surface area (Å²) in [6, 6.07) is 14.4. The summed E-state index contributed by atoms with van der Waals surface area (Å²) in [5.74, 6) is 0.595. The molecule has 7 nitrogen and oxygen atoms in total. The maximum absolute atomic E-state index is 10.7. The fraction of sp³-hybridized carbons (Fsp3) is 0.0625. The maximum atomic E-state index is 10.7. The van der Waals surface area contributed by atoms with Crippen molar-refractivity contribution in [3.63, 3.8) is 0 Å². The monoisotopic (exact) mass is 308 g/mol. The molecule has 7 heteroatoms. The Kier molecular flexibility index (Phi) is 3.80. The van der Waals surface area contributed by atoms with Crippen LogP contribution in [0.2, 0.25) is 0 Å². The van der Waals surface area contributed by atoms with Crippen molar-refractivity contribution in [1.82, 2.24) is 9.78 Å². The minimum atomic E-state index is -0.836. The quantitative estimate of drug-likeness (QED) is 0.797. The highest BCUT2D eigenvalue weighted by Gasteiger charge is 2.14. The first-order valence-corrected chi connectivity index (χ1v) is 6.73. The second-order valence-electron chi connectivity index (χ2n) is 4.69. The lowest BCUT2D eigenvalue weighted by atomic mass is 10.2. The summed E-state index contributed by atoms with van der Waals surface area (Å²) >= 11 is 0. The molecule has 0 saturated heterocycles. The zero-order chi connectivity index (χ0) is 16.2. The van der Waals surface area contributed by atoms with E-state index in [2.05, 4.69) is 5.10 Å². The van der Waals surface area contributed by atoms with E-state index in [-0.39, 0.29) is 12.3 Å². The Morgan fingerprint density at radius 2 is 2.22 bits per heavy atom. The van der Waals surface area contributed by atoms with Gasteiger partial charge in [-0.15, -0.1) is 0 Å². The number of aromatic nitrogens is 2. The number of hydrogen-bond acceptors (Lipinski definition) is 5. The van der Waals surface area contributed by atoms with Gasteiger partial charge in [-0.25, -0.2) is 9.48 Å². The van der Waals surface area contributed by atoms with Crippen molar-refractivity contribution < 1.29 is 13.9 Å². The summed E-state index contributed by atoms with van der Waals surface area (Å²) in [6.07, 6.45) is 0.716. The summed E-state index contributed by atoms with van der Waals surface area (Å²) < 4.78 is 11.8. The van der Waals surface area contributed by atoms with E-state index in [1.807, 2.05) is 12.1 Å². The minimum Gasteiger partial charge on any atom is -0.463 e. The van der Waals surface area contributed by atoms with Gasteiger partial charge in [0.1, 0.15) is 18.4 Å². The number of nitrogens with two attached hydrogens (primary N) is 1. The number of nitriles is 1. The summed E-state index contributed by atoms with van der Waals surface area (Å²) in [5, 5.41) is 13.3. The van der Waals surface area contributed by atoms with E-state index in [1.165, 1.54) is 0 Å². The van der Waals surface area contributed by atoms with Crippen LogP contribution in [0, 0.1) is 11.3 Å². The van der Waals surface area contributed by atoms with E-state index in [4.69, 9.17) is 20.1 Å². The Hall–Kier alpha value is -3.53. The minimum absolute atomic E-state index is 0.0611. The third-order valence-corrected chi connectivity index (χ3v) is 3.13. The van der Waals surface area contributed by atoms with Gasteiger partial charge in [-0.3, -0.25) is 0 Å².